The van der Waals surface area contributed by atoms with Gasteiger partial charge in [0.2, 0.25) is 5.91 Å². The maximum atomic E-state index is 12.4. The third kappa shape index (κ3) is 4.06. The molecule has 1 heterocycles. The van der Waals surface area contributed by atoms with Crippen LogP contribution >= 0.6 is 0 Å². The smallest absolute Gasteiger partial charge is 0.311 e. The quantitative estimate of drug-likeness (QED) is 0.729. The van der Waals surface area contributed by atoms with Crippen molar-refractivity contribution in [2.45, 2.75) is 57.5 Å². The van der Waals surface area contributed by atoms with E-state index >= 15 is 0 Å². The van der Waals surface area contributed by atoms with E-state index in [9.17, 15) is 9.59 Å². The predicted molar refractivity (Wildman–Crippen MR) is 85.7 cm³/mol. The summed E-state index contributed by atoms with van der Waals surface area (Å²) >= 11 is 0. The number of methoxy groups -OCH3 is 1. The van der Waals surface area contributed by atoms with Crippen LogP contribution in [0.3, 0.4) is 0 Å². The minimum Gasteiger partial charge on any atom is -0.462 e. The van der Waals surface area contributed by atoms with E-state index in [2.05, 4.69) is 0 Å². The predicted octanol–water partition coefficient (Wildman–Crippen LogP) is 2.38. The van der Waals surface area contributed by atoms with Crippen LogP contribution in [0.1, 0.15) is 51.4 Å². The van der Waals surface area contributed by atoms with E-state index in [1.807, 2.05) is 0 Å². The lowest BCUT2D eigenvalue weighted by Gasteiger charge is -2.39. The van der Waals surface area contributed by atoms with E-state index in [1.54, 1.807) is 12.0 Å². The van der Waals surface area contributed by atoms with Gasteiger partial charge in [-0.1, -0.05) is 25.7 Å². The first-order chi connectivity index (χ1) is 11.2. The molecule has 4 atom stereocenters. The summed E-state index contributed by atoms with van der Waals surface area (Å²) in [4.78, 5) is 26.1. The van der Waals surface area contributed by atoms with Crippen LogP contribution in [0.25, 0.3) is 0 Å². The Balaban J connectivity index is 1.47. The average molecular weight is 323 g/mol. The topological polar surface area (TPSA) is 55.8 Å². The molecule has 0 spiro atoms. The molecule has 2 saturated carbocycles. The zero-order chi connectivity index (χ0) is 16.2. The van der Waals surface area contributed by atoms with Gasteiger partial charge in [-0.05, 0) is 31.1 Å². The molecule has 0 aromatic rings. The van der Waals surface area contributed by atoms with Gasteiger partial charge in [0.15, 0.2) is 0 Å². The number of ether oxygens (including phenoxy) is 2. The Labute approximate surface area is 138 Å². The molecular weight excluding hydrogens is 294 g/mol. The zero-order valence-corrected chi connectivity index (χ0v) is 14.2. The van der Waals surface area contributed by atoms with Gasteiger partial charge in [-0.15, -0.1) is 0 Å². The molecule has 1 amide bonds. The minimum absolute atomic E-state index is 0.0417. The summed E-state index contributed by atoms with van der Waals surface area (Å²) in [7, 11) is 1.62. The molecule has 1 aliphatic heterocycles. The van der Waals surface area contributed by atoms with Gasteiger partial charge >= 0.3 is 5.97 Å². The summed E-state index contributed by atoms with van der Waals surface area (Å²) in [6, 6.07) is 0. The van der Waals surface area contributed by atoms with Crippen LogP contribution in [-0.4, -0.2) is 49.7 Å². The maximum Gasteiger partial charge on any atom is 0.311 e. The van der Waals surface area contributed by atoms with Crippen molar-refractivity contribution in [3.63, 3.8) is 0 Å². The van der Waals surface area contributed by atoms with Gasteiger partial charge in [0, 0.05) is 26.6 Å². The zero-order valence-electron chi connectivity index (χ0n) is 14.2. The molecule has 130 valence electrons. The molecule has 3 rings (SSSR count). The van der Waals surface area contributed by atoms with Gasteiger partial charge in [-0.2, -0.15) is 0 Å². The highest BCUT2D eigenvalue weighted by molar-refractivity contribution is 5.86. The second kappa shape index (κ2) is 7.65. The van der Waals surface area contributed by atoms with Gasteiger partial charge in [-0.25, -0.2) is 0 Å². The van der Waals surface area contributed by atoms with Gasteiger partial charge in [0.1, 0.15) is 6.10 Å². The van der Waals surface area contributed by atoms with Crippen molar-refractivity contribution in [3.05, 3.63) is 0 Å². The first kappa shape index (κ1) is 16.7. The molecule has 1 saturated heterocycles. The van der Waals surface area contributed by atoms with Crippen LogP contribution < -0.4 is 0 Å². The SMILES string of the molecule is COCCN1CC(C(=O)OC2CCC3CCCCC3C2)CC1=O. The molecule has 5 nitrogen and oxygen atoms in total. The van der Waals surface area contributed by atoms with E-state index < -0.39 is 0 Å². The molecule has 0 aromatic carbocycles. The molecule has 3 fully saturated rings. The van der Waals surface area contributed by atoms with Crippen molar-refractivity contribution in [3.8, 4) is 0 Å². The number of fused-ring (bicyclic) bond motifs is 1. The highest BCUT2D eigenvalue weighted by Crippen LogP contribution is 2.41. The highest BCUT2D eigenvalue weighted by Gasteiger charge is 2.38. The molecule has 3 aliphatic rings. The molecule has 5 heteroatoms. The Kier molecular flexibility index (Phi) is 5.57. The molecule has 4 unspecified atom stereocenters. The van der Waals surface area contributed by atoms with Crippen LogP contribution in [0.2, 0.25) is 0 Å². The monoisotopic (exact) mass is 323 g/mol. The van der Waals surface area contributed by atoms with Crippen LogP contribution in [0.15, 0.2) is 0 Å². The molecule has 0 bridgehead atoms. The fraction of sp³-hybridized carbons (Fsp3) is 0.889. The Morgan fingerprint density at radius 3 is 2.74 bits per heavy atom. The van der Waals surface area contributed by atoms with Crippen molar-refractivity contribution in [1.29, 1.82) is 0 Å². The fourth-order valence-corrected chi connectivity index (χ4v) is 4.55. The molecule has 2 aliphatic carbocycles. The fourth-order valence-electron chi connectivity index (χ4n) is 4.55. The van der Waals surface area contributed by atoms with Crippen LogP contribution in [0, 0.1) is 17.8 Å². The van der Waals surface area contributed by atoms with Crippen LogP contribution in [-0.2, 0) is 19.1 Å². The van der Waals surface area contributed by atoms with E-state index in [0.717, 1.165) is 24.7 Å². The molecule has 0 aromatic heterocycles. The van der Waals surface area contributed by atoms with Crippen molar-refractivity contribution < 1.29 is 19.1 Å². The number of amides is 1. The summed E-state index contributed by atoms with van der Waals surface area (Å²) in [6.45, 7) is 1.56. The molecule has 23 heavy (non-hydrogen) atoms. The minimum atomic E-state index is -0.288. The number of hydrogen-bond donors (Lipinski definition) is 0. The third-order valence-electron chi connectivity index (χ3n) is 5.89. The van der Waals surface area contributed by atoms with Gasteiger partial charge < -0.3 is 14.4 Å². The largest absolute Gasteiger partial charge is 0.462 e. The third-order valence-corrected chi connectivity index (χ3v) is 5.89. The van der Waals surface area contributed by atoms with Gasteiger partial charge in [0.05, 0.1) is 12.5 Å². The summed E-state index contributed by atoms with van der Waals surface area (Å²) in [5.41, 5.74) is 0. The number of carbonyl (C=O) groups excluding carboxylic acids is 2. The Morgan fingerprint density at radius 1 is 1.17 bits per heavy atom. The molecule has 0 N–H and O–H groups in total. The van der Waals surface area contributed by atoms with Crippen LogP contribution in [0.5, 0.6) is 0 Å². The Morgan fingerprint density at radius 2 is 1.96 bits per heavy atom. The van der Waals surface area contributed by atoms with Gasteiger partial charge in [0.25, 0.3) is 0 Å². The number of esters is 1. The van der Waals surface area contributed by atoms with Crippen molar-refractivity contribution in [2.24, 2.45) is 17.8 Å². The van der Waals surface area contributed by atoms with Crippen molar-refractivity contribution >= 4 is 11.9 Å². The number of likely N-dealkylation sites (tertiary alicyclic amines) is 1. The number of carbonyl (C=O) groups is 2. The maximum absolute atomic E-state index is 12.4. The molecular formula is C18H29NO4. The standard InChI is InChI=1S/C18H29NO4/c1-22-9-8-19-12-15(11-17(19)20)18(21)23-16-7-6-13-4-2-3-5-14(13)10-16/h13-16H,2-12H2,1H3. The summed E-state index contributed by atoms with van der Waals surface area (Å²) < 4.78 is 10.8. The lowest BCUT2D eigenvalue weighted by Crippen LogP contribution is -2.35. The van der Waals surface area contributed by atoms with Crippen molar-refractivity contribution in [2.75, 3.05) is 26.8 Å². The first-order valence-corrected chi connectivity index (χ1v) is 9.14. The second-order valence-electron chi connectivity index (χ2n) is 7.41. The summed E-state index contributed by atoms with van der Waals surface area (Å²) in [5, 5.41) is 0. The Bertz CT molecular complexity index is 439. The van der Waals surface area contributed by atoms with Gasteiger partial charge in [-0.3, -0.25) is 9.59 Å². The number of nitrogens with zero attached hydrogens (tertiary/aromatic N) is 1. The summed E-state index contributed by atoms with van der Waals surface area (Å²) in [5.74, 6) is 1.19. The van der Waals surface area contributed by atoms with Crippen molar-refractivity contribution in [1.82, 2.24) is 4.90 Å². The lowest BCUT2D eigenvalue weighted by molar-refractivity contribution is -0.157. The van der Waals surface area contributed by atoms with E-state index in [0.29, 0.717) is 26.1 Å². The average Bonchev–Trinajstić information content (AvgIpc) is 2.94. The number of rotatable bonds is 5. The normalized spacial score (nSPS) is 34.3. The number of hydrogen-bond acceptors (Lipinski definition) is 4. The Hall–Kier alpha value is -1.10. The highest BCUT2D eigenvalue weighted by atomic mass is 16.5. The van der Waals surface area contributed by atoms with E-state index in [-0.39, 0.29) is 23.9 Å². The lowest BCUT2D eigenvalue weighted by atomic mass is 9.70. The van der Waals surface area contributed by atoms with E-state index in [1.165, 1.54) is 32.1 Å². The first-order valence-electron chi connectivity index (χ1n) is 9.14. The van der Waals surface area contributed by atoms with Crippen LogP contribution in [0.4, 0.5) is 0 Å². The summed E-state index contributed by atoms with van der Waals surface area (Å²) in [6.07, 6.45) is 8.95. The van der Waals surface area contributed by atoms with E-state index in [4.69, 9.17) is 9.47 Å². The second-order valence-corrected chi connectivity index (χ2v) is 7.41. The molecule has 0 radical (unpaired) electrons.